The van der Waals surface area contributed by atoms with Crippen molar-refractivity contribution in [3.05, 3.63) is 35.4 Å². The van der Waals surface area contributed by atoms with Crippen molar-refractivity contribution in [1.82, 2.24) is 0 Å². The largest absolute Gasteiger partial charge is 0.478 e. The summed E-state index contributed by atoms with van der Waals surface area (Å²) in [6.07, 6.45) is -1.84. The molecule has 0 radical (unpaired) electrons. The molecule has 4 saturated heterocycles. The second-order valence-electron chi connectivity index (χ2n) is 6.69. The third kappa shape index (κ3) is 2.13. The third-order valence-corrected chi connectivity index (χ3v) is 5.42. The summed E-state index contributed by atoms with van der Waals surface area (Å²) in [7, 11) is 0. The lowest BCUT2D eigenvalue weighted by Crippen LogP contribution is -2.49. The van der Waals surface area contributed by atoms with Gasteiger partial charge in [0.15, 0.2) is 6.29 Å². The Balaban J connectivity index is 1.57. The summed E-state index contributed by atoms with van der Waals surface area (Å²) < 4.78 is 17.9. The fraction of sp³-hybridized carbons (Fsp3) is 0.588. The topological polar surface area (TPSA) is 85.2 Å². The monoisotopic (exact) mass is 320 g/mol. The van der Waals surface area contributed by atoms with Crippen LogP contribution in [0, 0.1) is 11.8 Å². The molecule has 4 fully saturated rings. The number of benzene rings is 1. The Bertz CT molecular complexity index is 627. The van der Waals surface area contributed by atoms with E-state index < -0.39 is 12.3 Å². The van der Waals surface area contributed by atoms with Gasteiger partial charge < -0.3 is 24.4 Å². The van der Waals surface area contributed by atoms with E-state index in [1.807, 2.05) is 0 Å². The van der Waals surface area contributed by atoms with E-state index in [9.17, 15) is 15.0 Å². The van der Waals surface area contributed by atoms with Crippen molar-refractivity contribution < 1.29 is 29.2 Å². The molecule has 23 heavy (non-hydrogen) atoms. The van der Waals surface area contributed by atoms with Gasteiger partial charge in [-0.3, -0.25) is 0 Å². The Kier molecular flexibility index (Phi) is 3.46. The van der Waals surface area contributed by atoms with Gasteiger partial charge in [-0.1, -0.05) is 32.0 Å². The Hall–Kier alpha value is -1.47. The van der Waals surface area contributed by atoms with Gasteiger partial charge in [0.1, 0.15) is 12.2 Å². The average Bonchev–Trinajstić information content (AvgIpc) is 2.96. The highest BCUT2D eigenvalue weighted by Gasteiger charge is 2.64. The molecule has 4 bridgehead atoms. The Morgan fingerprint density at radius 2 is 1.74 bits per heavy atom. The van der Waals surface area contributed by atoms with E-state index in [0.717, 1.165) is 0 Å². The van der Waals surface area contributed by atoms with Gasteiger partial charge in [0.2, 0.25) is 0 Å². The van der Waals surface area contributed by atoms with Crippen LogP contribution >= 0.6 is 0 Å². The summed E-state index contributed by atoms with van der Waals surface area (Å²) in [6.45, 7) is 4.18. The molecular weight excluding hydrogens is 300 g/mol. The molecule has 0 amide bonds. The zero-order valence-electron chi connectivity index (χ0n) is 13.0. The Morgan fingerprint density at radius 1 is 1.09 bits per heavy atom. The number of aliphatic hydroxyl groups is 1. The number of ether oxygens (including phenoxy) is 3. The maximum Gasteiger partial charge on any atom is 0.336 e. The second-order valence-corrected chi connectivity index (χ2v) is 6.69. The standard InChI is InChI=1S/C17H20O6/c1-7-11-8(2)13-15(14(21-11)12(7)22-13)23-17(20)10-6-4-3-5-9(10)16(18)19/h3-8,11-15,17,20H,1-2H3,(H,18,19)/t7?,8?,11?,12-,13+,14+,15+,17?/m0/s1. The molecule has 1 aromatic rings. The molecule has 2 N–H and O–H groups in total. The van der Waals surface area contributed by atoms with Gasteiger partial charge in [-0.25, -0.2) is 4.79 Å². The first-order valence-corrected chi connectivity index (χ1v) is 7.95. The van der Waals surface area contributed by atoms with Crippen LogP contribution in [0.25, 0.3) is 0 Å². The zero-order chi connectivity index (χ0) is 16.3. The maximum atomic E-state index is 11.3. The molecule has 5 rings (SSSR count). The van der Waals surface area contributed by atoms with Gasteiger partial charge in [-0.2, -0.15) is 0 Å². The second kappa shape index (κ2) is 5.27. The number of carbonyl (C=O) groups is 1. The van der Waals surface area contributed by atoms with Crippen molar-refractivity contribution in [2.24, 2.45) is 11.8 Å². The quantitative estimate of drug-likeness (QED) is 0.819. The summed E-state index contributed by atoms with van der Waals surface area (Å²) in [5, 5.41) is 19.7. The van der Waals surface area contributed by atoms with E-state index in [0.29, 0.717) is 5.92 Å². The van der Waals surface area contributed by atoms with Crippen molar-refractivity contribution in [3.8, 4) is 0 Å². The molecule has 6 nitrogen and oxygen atoms in total. The number of hydrogen-bond donors (Lipinski definition) is 2. The molecular formula is C17H20O6. The van der Waals surface area contributed by atoms with Gasteiger partial charge in [-0.15, -0.1) is 0 Å². The van der Waals surface area contributed by atoms with E-state index in [2.05, 4.69) is 13.8 Å². The predicted octanol–water partition coefficient (Wildman–Crippen LogP) is 1.58. The molecule has 0 spiro atoms. The lowest BCUT2D eigenvalue weighted by Gasteiger charge is -2.39. The minimum Gasteiger partial charge on any atom is -0.478 e. The van der Waals surface area contributed by atoms with E-state index in [1.165, 1.54) is 6.07 Å². The van der Waals surface area contributed by atoms with E-state index in [1.54, 1.807) is 18.2 Å². The van der Waals surface area contributed by atoms with Crippen LogP contribution in [0.5, 0.6) is 0 Å². The van der Waals surface area contributed by atoms with Gasteiger partial charge >= 0.3 is 5.97 Å². The lowest BCUT2D eigenvalue weighted by molar-refractivity contribution is -0.221. The number of aliphatic hydroxyl groups excluding tert-OH is 1. The lowest BCUT2D eigenvalue weighted by atomic mass is 9.87. The molecule has 0 saturated carbocycles. The Labute approximate surface area is 134 Å². The van der Waals surface area contributed by atoms with Gasteiger partial charge in [0, 0.05) is 17.4 Å². The minimum atomic E-state index is -1.32. The van der Waals surface area contributed by atoms with Crippen LogP contribution in [0.4, 0.5) is 0 Å². The van der Waals surface area contributed by atoms with Crippen molar-refractivity contribution in [1.29, 1.82) is 0 Å². The highest BCUT2D eigenvalue weighted by Crippen LogP contribution is 2.51. The Morgan fingerprint density at radius 3 is 2.48 bits per heavy atom. The number of rotatable bonds is 4. The highest BCUT2D eigenvalue weighted by atomic mass is 16.7. The first-order valence-electron chi connectivity index (χ1n) is 7.95. The van der Waals surface area contributed by atoms with Crippen LogP contribution in [0.15, 0.2) is 24.3 Å². The first-order chi connectivity index (χ1) is 11.0. The van der Waals surface area contributed by atoms with Crippen molar-refractivity contribution in [2.45, 2.75) is 50.7 Å². The summed E-state index contributed by atoms with van der Waals surface area (Å²) in [4.78, 5) is 11.3. The number of carboxylic acids is 1. The van der Waals surface area contributed by atoms with E-state index >= 15 is 0 Å². The van der Waals surface area contributed by atoms with E-state index in [4.69, 9.17) is 14.2 Å². The molecule has 1 aromatic carbocycles. The molecule has 8 atom stereocenters. The normalized spacial score (nSPS) is 42.1. The summed E-state index contributed by atoms with van der Waals surface area (Å²) in [6, 6.07) is 6.31. The van der Waals surface area contributed by atoms with Crippen LogP contribution in [0.1, 0.15) is 36.1 Å². The molecule has 4 aliphatic heterocycles. The molecule has 4 unspecified atom stereocenters. The van der Waals surface area contributed by atoms with Crippen LogP contribution < -0.4 is 0 Å². The molecule has 124 valence electrons. The summed E-state index contributed by atoms with van der Waals surface area (Å²) in [5.41, 5.74) is 0.286. The average molecular weight is 320 g/mol. The van der Waals surface area contributed by atoms with Crippen molar-refractivity contribution >= 4 is 5.97 Å². The van der Waals surface area contributed by atoms with Crippen LogP contribution in [-0.4, -0.2) is 46.7 Å². The third-order valence-electron chi connectivity index (χ3n) is 5.42. The number of hydrogen-bond acceptors (Lipinski definition) is 5. The minimum absolute atomic E-state index is 0.00637. The van der Waals surface area contributed by atoms with Crippen molar-refractivity contribution in [3.63, 3.8) is 0 Å². The summed E-state index contributed by atoms with van der Waals surface area (Å²) >= 11 is 0. The van der Waals surface area contributed by atoms with Gasteiger partial charge in [0.25, 0.3) is 0 Å². The highest BCUT2D eigenvalue weighted by molar-refractivity contribution is 5.89. The van der Waals surface area contributed by atoms with Crippen LogP contribution in [0.3, 0.4) is 0 Å². The van der Waals surface area contributed by atoms with Gasteiger partial charge in [0.05, 0.1) is 23.9 Å². The van der Waals surface area contributed by atoms with Crippen LogP contribution in [-0.2, 0) is 14.2 Å². The van der Waals surface area contributed by atoms with Crippen molar-refractivity contribution in [2.75, 3.05) is 0 Å². The van der Waals surface area contributed by atoms with E-state index in [-0.39, 0.29) is 47.6 Å². The summed E-state index contributed by atoms with van der Waals surface area (Å²) in [5.74, 6) is -0.596. The van der Waals surface area contributed by atoms with Gasteiger partial charge in [-0.05, 0) is 6.07 Å². The fourth-order valence-electron chi connectivity index (χ4n) is 4.28. The zero-order valence-corrected chi connectivity index (χ0v) is 13.0. The molecule has 4 heterocycles. The molecule has 6 heteroatoms. The molecule has 0 aliphatic carbocycles. The smallest absolute Gasteiger partial charge is 0.336 e. The predicted molar refractivity (Wildman–Crippen MR) is 78.9 cm³/mol. The first kappa shape index (κ1) is 15.1. The number of carboxylic acid groups (broad SMARTS) is 1. The molecule has 4 aliphatic rings. The number of aromatic carboxylic acids is 1. The SMILES string of the molecule is CC1C2O[C@H]3[C@H](OC(O)c4ccccc4C(=O)O)[C@@H]1O[C@H]3C2C. The van der Waals surface area contributed by atoms with Crippen LogP contribution in [0.2, 0.25) is 0 Å². The molecule has 0 aromatic heterocycles. The maximum absolute atomic E-state index is 11.3. The fourth-order valence-corrected chi connectivity index (χ4v) is 4.28.